The van der Waals surface area contributed by atoms with Crippen LogP contribution in [0, 0.1) is 10.8 Å². The van der Waals surface area contributed by atoms with E-state index < -0.39 is 19.4 Å². The Morgan fingerprint density at radius 3 is 1.32 bits per heavy atom. The first-order valence-electron chi connectivity index (χ1n) is 14.9. The summed E-state index contributed by atoms with van der Waals surface area (Å²) >= 11 is -0.380. The molecule has 44 heavy (non-hydrogen) atoms. The van der Waals surface area contributed by atoms with Crippen LogP contribution in [0.5, 0.6) is 0 Å². The van der Waals surface area contributed by atoms with Crippen molar-refractivity contribution in [2.75, 3.05) is 0 Å². The Bertz CT molecular complexity index is 1490. The van der Waals surface area contributed by atoms with E-state index in [1.54, 1.807) is 35.9 Å². The molecule has 0 saturated carbocycles. The Hall–Kier alpha value is -0.194. The zero-order valence-electron chi connectivity index (χ0n) is 27.6. The SMILES string of the molecule is CC1=C(C)C(C)(C)C(C2=C(C)C(C)=C(C)C2(C)C)=C1C.[Cl-].[Cl-].[Cl][Zr]([Cl])[C]1=CC=CC1.[Zr+2][CH]1c2ccccc2-c2ccccc21. The van der Waals surface area contributed by atoms with Gasteiger partial charge in [-0.2, -0.15) is 0 Å². The van der Waals surface area contributed by atoms with E-state index in [1.165, 1.54) is 59.0 Å². The van der Waals surface area contributed by atoms with Crippen molar-refractivity contribution in [2.45, 2.75) is 79.3 Å². The third kappa shape index (κ3) is 7.43. The molecule has 0 aromatic heterocycles. The third-order valence-electron chi connectivity index (χ3n) is 10.2. The predicted octanol–water partition coefficient (Wildman–Crippen LogP) is 6.44. The van der Waals surface area contributed by atoms with Gasteiger partial charge in [0.05, 0.1) is 0 Å². The van der Waals surface area contributed by atoms with Gasteiger partial charge >= 0.3 is 163 Å². The van der Waals surface area contributed by atoms with Crippen molar-refractivity contribution in [3.05, 3.63) is 126 Å². The summed E-state index contributed by atoms with van der Waals surface area (Å²) in [7, 11) is 11.5. The molecule has 0 spiro atoms. The van der Waals surface area contributed by atoms with Crippen molar-refractivity contribution in [3.8, 4) is 11.1 Å². The van der Waals surface area contributed by atoms with Gasteiger partial charge in [-0.25, -0.2) is 0 Å². The van der Waals surface area contributed by atoms with Crippen molar-refractivity contribution < 1.29 is 68.9 Å². The van der Waals surface area contributed by atoms with Crippen LogP contribution in [-0.4, -0.2) is 0 Å². The van der Waals surface area contributed by atoms with E-state index in [2.05, 4.69) is 124 Å². The summed E-state index contributed by atoms with van der Waals surface area (Å²) in [5.41, 5.74) is 18.4. The summed E-state index contributed by atoms with van der Waals surface area (Å²) in [5.74, 6) is 0. The zero-order valence-corrected chi connectivity index (χ0v) is 35.6. The maximum absolute atomic E-state index is 5.74. The second-order valence-corrected chi connectivity index (χ2v) is 22.8. The van der Waals surface area contributed by atoms with Crippen molar-refractivity contribution in [3.63, 3.8) is 0 Å². The molecular formula is C38H44Cl4Zr2. The number of hydrogen-bond donors (Lipinski definition) is 0. The van der Waals surface area contributed by atoms with Gasteiger partial charge in [-0.15, -0.1) is 0 Å². The topological polar surface area (TPSA) is 0 Å². The fourth-order valence-corrected chi connectivity index (χ4v) is 11.0. The number of benzene rings is 2. The fourth-order valence-electron chi connectivity index (χ4n) is 6.93. The van der Waals surface area contributed by atoms with Crippen LogP contribution in [0.2, 0.25) is 0 Å². The van der Waals surface area contributed by atoms with Gasteiger partial charge in [-0.3, -0.25) is 0 Å². The summed E-state index contributed by atoms with van der Waals surface area (Å²) in [6.07, 6.45) is 7.14. The van der Waals surface area contributed by atoms with Crippen molar-refractivity contribution >= 4 is 17.0 Å². The zero-order chi connectivity index (χ0) is 31.1. The number of rotatable bonds is 2. The summed E-state index contributed by atoms with van der Waals surface area (Å²) in [5, 5.41) is 0. The molecule has 0 nitrogen and oxygen atoms in total. The Kier molecular flexibility index (Phi) is 14.4. The van der Waals surface area contributed by atoms with Crippen molar-refractivity contribution in [1.82, 2.24) is 0 Å². The molecule has 0 aliphatic heterocycles. The normalized spacial score (nSPS) is 19.0. The molecule has 0 fully saturated rings. The van der Waals surface area contributed by atoms with E-state index >= 15 is 0 Å². The Labute approximate surface area is 309 Å². The van der Waals surface area contributed by atoms with Crippen LogP contribution >= 0.6 is 17.0 Å². The number of hydrogen-bond acceptors (Lipinski definition) is 0. The van der Waals surface area contributed by atoms with Crippen LogP contribution < -0.4 is 24.8 Å². The van der Waals surface area contributed by atoms with Gasteiger partial charge in [-0.05, 0) is 75.0 Å². The van der Waals surface area contributed by atoms with E-state index in [0.29, 0.717) is 3.63 Å². The third-order valence-corrected chi connectivity index (χ3v) is 16.7. The number of halogens is 4. The fraction of sp³-hybridized carbons (Fsp3) is 0.368. The first-order valence-corrected chi connectivity index (χ1v) is 23.8. The van der Waals surface area contributed by atoms with Gasteiger partial charge in [0.25, 0.3) is 0 Å². The molecule has 6 heteroatoms. The molecule has 4 aliphatic carbocycles. The Balaban J connectivity index is 0.000000245. The van der Waals surface area contributed by atoms with E-state index in [1.807, 2.05) is 12.2 Å². The molecule has 0 saturated heterocycles. The molecule has 0 bridgehead atoms. The van der Waals surface area contributed by atoms with E-state index in [-0.39, 0.29) is 35.6 Å². The average molecular weight is 825 g/mol. The van der Waals surface area contributed by atoms with Gasteiger partial charge in [0.2, 0.25) is 0 Å². The molecule has 2 aromatic carbocycles. The minimum absolute atomic E-state index is 0. The summed E-state index contributed by atoms with van der Waals surface area (Å²) in [6.45, 7) is 23.3. The molecule has 0 amide bonds. The molecule has 4 aliphatic rings. The van der Waals surface area contributed by atoms with Crippen LogP contribution in [0.4, 0.5) is 0 Å². The Morgan fingerprint density at radius 2 is 1.05 bits per heavy atom. The molecular weight excluding hydrogens is 781 g/mol. The average Bonchev–Trinajstić information content (AvgIpc) is 3.67. The van der Waals surface area contributed by atoms with Crippen LogP contribution in [0.25, 0.3) is 11.1 Å². The maximum atomic E-state index is 5.74. The Morgan fingerprint density at radius 1 is 0.659 bits per heavy atom. The molecule has 0 radical (unpaired) electrons. The molecule has 6 rings (SSSR count). The summed E-state index contributed by atoms with van der Waals surface area (Å²) < 4.78 is 1.94. The monoisotopic (exact) mass is 820 g/mol. The van der Waals surface area contributed by atoms with Crippen LogP contribution in [0.1, 0.15) is 90.4 Å². The van der Waals surface area contributed by atoms with E-state index in [0.717, 1.165) is 6.42 Å². The number of fused-ring (bicyclic) bond motifs is 3. The van der Waals surface area contributed by atoms with Crippen LogP contribution in [0.3, 0.4) is 0 Å². The van der Waals surface area contributed by atoms with Gasteiger partial charge in [0.15, 0.2) is 0 Å². The second kappa shape index (κ2) is 15.8. The van der Waals surface area contributed by atoms with Gasteiger partial charge in [-0.1, -0.05) is 38.8 Å². The molecule has 2 aromatic rings. The summed E-state index contributed by atoms with van der Waals surface area (Å²) in [6, 6.07) is 17.5. The van der Waals surface area contributed by atoms with E-state index in [9.17, 15) is 0 Å². The molecule has 0 N–H and O–H groups in total. The molecule has 0 heterocycles. The van der Waals surface area contributed by atoms with Crippen LogP contribution in [0.15, 0.2) is 115 Å². The quantitative estimate of drug-likeness (QED) is 0.328. The van der Waals surface area contributed by atoms with Gasteiger partial charge in [0, 0.05) is 10.8 Å². The van der Waals surface area contributed by atoms with Crippen molar-refractivity contribution in [1.29, 1.82) is 0 Å². The first kappa shape index (κ1) is 40.0. The number of allylic oxidation sites excluding steroid dienone is 12. The van der Waals surface area contributed by atoms with Gasteiger partial charge < -0.3 is 24.8 Å². The minimum atomic E-state index is -1.96. The standard InChI is InChI=1S/C20H30.C13H9.C5H5.4ClH.2Zr/c1-11-13(3)17(19(7,8)15(11)5)18-14(4)12(2)16(6)20(18,9)10;1-3-7-12-10(5-1)9-11-6-2-4-8-13(11)12;1-2-4-5-3-1;;;;;;/h1-10H3;1-9H;1-3H,4H2;4*1H;;/q;;;;;;;2*+2/p-4. The van der Waals surface area contributed by atoms with Crippen molar-refractivity contribution in [2.24, 2.45) is 10.8 Å². The van der Waals surface area contributed by atoms with E-state index in [4.69, 9.17) is 17.0 Å². The van der Waals surface area contributed by atoms with Gasteiger partial charge in [0.1, 0.15) is 0 Å². The molecule has 232 valence electrons. The van der Waals surface area contributed by atoms with Crippen LogP contribution in [-0.2, 0) is 44.1 Å². The first-order chi connectivity index (χ1) is 19.6. The molecule has 0 unspecified atom stereocenters. The predicted molar refractivity (Wildman–Crippen MR) is 177 cm³/mol. The molecule has 0 atom stereocenters. The second-order valence-electron chi connectivity index (χ2n) is 12.9. The summed E-state index contributed by atoms with van der Waals surface area (Å²) in [4.78, 5) is 0.